The molecule has 0 spiro atoms. The summed E-state index contributed by atoms with van der Waals surface area (Å²) < 4.78 is 0. The molecule has 0 saturated carbocycles. The summed E-state index contributed by atoms with van der Waals surface area (Å²) in [4.78, 5) is 267. The van der Waals surface area contributed by atoms with E-state index in [0.717, 1.165) is 6.92 Å². The van der Waals surface area contributed by atoms with Crippen LogP contribution < -0.4 is 97.4 Å². The molecule has 0 unspecified atom stereocenters. The van der Waals surface area contributed by atoms with Crippen molar-refractivity contribution in [2.75, 3.05) is 37.7 Å². The molecule has 7 rings (SSSR count). The highest BCUT2D eigenvalue weighted by atomic mass is 32.1. The van der Waals surface area contributed by atoms with Crippen LogP contribution in [-0.2, 0) is 117 Å². The number of carboxylic acids is 2. The standard InChI is InChI=1S/C82H106N22O22S2/c1-42(105)93-61(40-127)79(124)97-53(23-26-64(83)107)72(117)102-60(35-69(113)114)78(123)101-59(34-46-37-90-51-16-8-6-14-49(46)51)77(122)96-54(24-27-65(84)108)74(119)103-62(41-128)80(125)99-57(32-44-19-21-47(106)22-20-44)75(120)100-58(33-45-36-89-50-15-7-5-13-48(45)50)76(121)94-52(17-9-29-88-82(86)87)71(116)95-55(25-28-68(111)112)73(118)98-56(31-43-11-3-2-4-12-43)70(115)92-39-67(110)104-30-10-18-63(104)81(126)91-38-66(85)109/h2-8,11-16,19-22,36-37,52-63,89-90,106,127-128H,9-10,17-18,23-35,38-41H2,1H3,(H2,83,107)(H2,84,108)(H2,85,109)(H,91,126)(H,92,115)(H,93,105)(H,94,121)(H,95,116)(H,96,122)(H,97,124)(H,98,118)(H,99,125)(H,100,120)(H,101,123)(H,102,117)(H,103,119)(H,111,112)(H,113,114)(H4,86,87,88)/t52-,53-,54-,55-,56-,57-,58-,59-,60-,61-,62-,63-/m0/s1. The molecule has 0 radical (unpaired) electrons. The lowest BCUT2D eigenvalue weighted by molar-refractivity contribution is -0.141. The van der Waals surface area contributed by atoms with Crippen molar-refractivity contribution in [2.45, 2.75) is 176 Å². The first-order valence-corrected chi connectivity index (χ1v) is 41.8. The first-order valence-electron chi connectivity index (χ1n) is 40.6. The lowest BCUT2D eigenvalue weighted by Crippen LogP contribution is -2.61. The third kappa shape index (κ3) is 32.3. The van der Waals surface area contributed by atoms with Gasteiger partial charge >= 0.3 is 11.9 Å². The SMILES string of the molecule is CC(=O)N[C@@H](CS)C(=O)N[C@@H](CCC(N)=O)C(=O)N[C@@H](CC(=O)O)C(=O)N[C@@H](Cc1c[nH]c2ccccc12)C(=O)N[C@@H](CCC(N)=O)C(=O)N[C@@H](CS)C(=O)N[C@@H](Cc1ccc(O)cc1)C(=O)N[C@@H](Cc1c[nH]c2ccccc12)C(=O)N[C@@H](CCCNC(=N)N)C(=O)N[C@@H](CCC(=O)O)C(=O)N[C@@H](Cc1ccccc1)C(=O)NCC(=O)N1CCC[C@H]1C(=O)NCC(N)=O. The maximum atomic E-state index is 15.4. The Bertz CT molecular complexity index is 5040. The molecule has 1 saturated heterocycles. The molecule has 688 valence electrons. The van der Waals surface area contributed by atoms with Crippen LogP contribution in [0, 0.1) is 5.41 Å². The summed E-state index contributed by atoms with van der Waals surface area (Å²) in [6.45, 7) is -0.0440. The number of carbonyl (C=O) groups is 19. The fourth-order valence-corrected chi connectivity index (χ4v) is 14.3. The van der Waals surface area contributed by atoms with Gasteiger partial charge in [0.1, 0.15) is 78.3 Å². The lowest BCUT2D eigenvalue weighted by atomic mass is 10.0. The van der Waals surface area contributed by atoms with E-state index in [1.165, 1.54) is 41.6 Å². The number of aliphatic carboxylic acids is 2. The second kappa shape index (κ2) is 50.0. The number of primary amides is 3. The molecule has 128 heavy (non-hydrogen) atoms. The fraction of sp³-hybridized carbons (Fsp3) is 0.415. The number of amides is 17. The number of phenolic OH excluding ortho intramolecular Hbond substituents is 1. The number of hydrogen-bond acceptors (Lipinski definition) is 23. The molecule has 1 aliphatic heterocycles. The zero-order valence-corrected chi connectivity index (χ0v) is 71.3. The number of fused-ring (bicyclic) bond motifs is 2. The summed E-state index contributed by atoms with van der Waals surface area (Å²) in [5, 5.41) is 73.9. The van der Waals surface area contributed by atoms with Crippen LogP contribution in [-0.4, -0.2) is 259 Å². The highest BCUT2D eigenvalue weighted by molar-refractivity contribution is 7.80. The maximum absolute atomic E-state index is 15.4. The number of aromatic nitrogens is 2. The number of hydrogen-bond donors (Lipinski definition) is 26. The van der Waals surface area contributed by atoms with Gasteiger partial charge in [-0.15, -0.1) is 0 Å². The number of carbonyl (C=O) groups excluding carboxylic acids is 17. The van der Waals surface area contributed by atoms with Gasteiger partial charge in [0.25, 0.3) is 0 Å². The Morgan fingerprint density at radius 1 is 0.430 bits per heavy atom. The smallest absolute Gasteiger partial charge is 0.305 e. The topological polar surface area (TPSA) is 716 Å². The zero-order valence-electron chi connectivity index (χ0n) is 69.5. The predicted octanol–water partition coefficient (Wildman–Crippen LogP) is -5.32. The van der Waals surface area contributed by atoms with E-state index in [0.29, 0.717) is 44.9 Å². The van der Waals surface area contributed by atoms with E-state index in [1.807, 2.05) is 0 Å². The third-order valence-electron chi connectivity index (χ3n) is 20.3. The number of thiol groups is 2. The lowest BCUT2D eigenvalue weighted by Gasteiger charge is -2.28. The van der Waals surface area contributed by atoms with Gasteiger partial charge in [-0.3, -0.25) is 96.5 Å². The number of benzene rings is 4. The molecule has 1 fully saturated rings. The minimum Gasteiger partial charge on any atom is -0.508 e. The number of phenols is 1. The number of para-hydroxylation sites is 2. The number of carboxylic acid groups (broad SMARTS) is 2. The van der Waals surface area contributed by atoms with Crippen LogP contribution in [0.15, 0.2) is 116 Å². The highest BCUT2D eigenvalue weighted by Gasteiger charge is 2.40. The molecule has 2 aromatic heterocycles. The maximum Gasteiger partial charge on any atom is 0.305 e. The Labute approximate surface area is 742 Å². The van der Waals surface area contributed by atoms with Crippen LogP contribution in [0.5, 0.6) is 5.75 Å². The summed E-state index contributed by atoms with van der Waals surface area (Å²) >= 11 is 8.44. The summed E-state index contributed by atoms with van der Waals surface area (Å²) in [5.74, 6) is -21.8. The molecule has 0 bridgehead atoms. The molecule has 17 amide bonds. The van der Waals surface area contributed by atoms with Crippen LogP contribution in [0.4, 0.5) is 0 Å². The van der Waals surface area contributed by atoms with Gasteiger partial charge in [0.15, 0.2) is 5.96 Å². The molecule has 6 aromatic rings. The minimum atomic E-state index is -2.07. The summed E-state index contributed by atoms with van der Waals surface area (Å²) in [6, 6.07) is 6.95. The largest absolute Gasteiger partial charge is 0.508 e. The van der Waals surface area contributed by atoms with Gasteiger partial charge < -0.3 is 128 Å². The molecular formula is C82H106N22O22S2. The average Bonchev–Trinajstić information content (AvgIpc) is 1.68. The third-order valence-corrected chi connectivity index (χ3v) is 21.1. The van der Waals surface area contributed by atoms with Gasteiger partial charge in [0, 0.05) is 111 Å². The van der Waals surface area contributed by atoms with Gasteiger partial charge in [-0.2, -0.15) is 25.3 Å². The van der Waals surface area contributed by atoms with Crippen molar-refractivity contribution in [2.24, 2.45) is 22.9 Å². The normalized spacial score (nSPS) is 14.8. The number of H-pyrrole nitrogens is 2. The molecular weight excluding hydrogens is 1710 g/mol. The molecule has 3 heterocycles. The number of guanidine groups is 1. The van der Waals surface area contributed by atoms with E-state index in [1.54, 1.807) is 78.9 Å². The van der Waals surface area contributed by atoms with Crippen molar-refractivity contribution < 1.29 is 106 Å². The predicted molar refractivity (Wildman–Crippen MR) is 466 cm³/mol. The number of nitrogens with zero attached hydrogens (tertiary/aromatic N) is 1. The molecule has 1 aliphatic rings. The van der Waals surface area contributed by atoms with Crippen LogP contribution >= 0.6 is 25.3 Å². The first kappa shape index (κ1) is 101. The monoisotopic (exact) mass is 1810 g/mol. The van der Waals surface area contributed by atoms with Gasteiger partial charge in [-0.05, 0) is 91.5 Å². The Hall–Kier alpha value is -14.3. The van der Waals surface area contributed by atoms with Crippen molar-refractivity contribution in [1.29, 1.82) is 5.41 Å². The van der Waals surface area contributed by atoms with Crippen LogP contribution in [0.3, 0.4) is 0 Å². The van der Waals surface area contributed by atoms with Crippen LogP contribution in [0.2, 0.25) is 0 Å². The molecule has 28 N–H and O–H groups in total. The number of likely N-dealkylation sites (tertiary alicyclic amines) is 1. The van der Waals surface area contributed by atoms with E-state index in [2.05, 4.69) is 110 Å². The van der Waals surface area contributed by atoms with Gasteiger partial charge in [-0.25, -0.2) is 0 Å². The molecule has 46 heteroatoms. The van der Waals surface area contributed by atoms with E-state index in [9.17, 15) is 96.8 Å². The Balaban J connectivity index is 1.17. The molecule has 0 aliphatic carbocycles. The van der Waals surface area contributed by atoms with E-state index in [4.69, 9.17) is 28.3 Å². The number of rotatable bonds is 52. The van der Waals surface area contributed by atoms with Crippen molar-refractivity contribution in [3.8, 4) is 5.75 Å². The Morgan fingerprint density at radius 3 is 1.27 bits per heavy atom. The van der Waals surface area contributed by atoms with Gasteiger partial charge in [-0.1, -0.05) is 78.9 Å². The molecule has 12 atom stereocenters. The average molecular weight is 1820 g/mol. The summed E-state index contributed by atoms with van der Waals surface area (Å²) in [6.07, 6.45) is -3.02. The summed E-state index contributed by atoms with van der Waals surface area (Å²) in [7, 11) is 0. The van der Waals surface area contributed by atoms with E-state index in [-0.39, 0.29) is 62.3 Å². The van der Waals surface area contributed by atoms with Gasteiger partial charge in [0.2, 0.25) is 100 Å². The number of aromatic amines is 2. The van der Waals surface area contributed by atoms with Crippen molar-refractivity contribution in [3.05, 3.63) is 138 Å². The molecule has 44 nitrogen and oxygen atoms in total. The highest BCUT2D eigenvalue weighted by Crippen LogP contribution is 2.24. The van der Waals surface area contributed by atoms with Crippen molar-refractivity contribution in [3.63, 3.8) is 0 Å². The minimum absolute atomic E-state index is 0.0547. The number of aromatic hydroxyl groups is 1. The van der Waals surface area contributed by atoms with Gasteiger partial charge in [0.05, 0.1) is 19.5 Å². The molecule has 4 aromatic carbocycles. The Morgan fingerprint density at radius 2 is 0.820 bits per heavy atom. The van der Waals surface area contributed by atoms with E-state index >= 15 is 9.59 Å². The first-order chi connectivity index (χ1) is 60.9. The quantitative estimate of drug-likeness (QED) is 0.00734. The van der Waals surface area contributed by atoms with Crippen molar-refractivity contribution in [1.82, 2.24) is 89.3 Å². The second-order valence-electron chi connectivity index (χ2n) is 30.1. The zero-order chi connectivity index (χ0) is 93.8. The summed E-state index contributed by atoms with van der Waals surface area (Å²) in [5.41, 5.74) is 24.4. The number of nitrogens with two attached hydrogens (primary N) is 4. The fourth-order valence-electron chi connectivity index (χ4n) is 13.8. The van der Waals surface area contributed by atoms with Crippen LogP contribution in [0.25, 0.3) is 21.8 Å². The number of nitrogens with one attached hydrogen (secondary N) is 17. The van der Waals surface area contributed by atoms with Crippen LogP contribution in [0.1, 0.15) is 99.8 Å². The second-order valence-corrected chi connectivity index (χ2v) is 30.8. The van der Waals surface area contributed by atoms with Crippen molar-refractivity contribution >= 4 is 165 Å². The van der Waals surface area contributed by atoms with E-state index < -0.39 is 267 Å². The Kier molecular flexibility index (Phi) is 39.3.